The van der Waals surface area contributed by atoms with Crippen molar-refractivity contribution in [3.05, 3.63) is 35.4 Å². The van der Waals surface area contributed by atoms with Crippen molar-refractivity contribution in [2.24, 2.45) is 0 Å². The van der Waals surface area contributed by atoms with Gasteiger partial charge >= 0.3 is 0 Å². The Morgan fingerprint density at radius 3 is 2.38 bits per heavy atom. The van der Waals surface area contributed by atoms with Crippen molar-refractivity contribution in [3.8, 4) is 0 Å². The number of amides is 1. The minimum Gasteiger partial charge on any atom is -0.350 e. The maximum absolute atomic E-state index is 11.7. The van der Waals surface area contributed by atoms with Crippen LogP contribution in [0.25, 0.3) is 0 Å². The van der Waals surface area contributed by atoms with E-state index < -0.39 is 0 Å². The molecule has 0 aromatic heterocycles. The predicted molar refractivity (Wildman–Crippen MR) is 70.9 cm³/mol. The van der Waals surface area contributed by atoms with Crippen molar-refractivity contribution < 1.29 is 4.79 Å². The Morgan fingerprint density at radius 2 is 1.88 bits per heavy atom. The fraction of sp³-hybridized carbons (Fsp3) is 0.462. The molecule has 0 radical (unpaired) electrons. The molecule has 0 saturated carbocycles. The van der Waals surface area contributed by atoms with E-state index in [4.69, 9.17) is 0 Å². The molecule has 0 fully saturated rings. The molecule has 1 amide bonds. The molecule has 0 aliphatic carbocycles. The Bertz CT molecular complexity index is 357. The fourth-order valence-electron chi connectivity index (χ4n) is 1.35. The second-order valence-corrected chi connectivity index (χ2v) is 5.29. The summed E-state index contributed by atoms with van der Waals surface area (Å²) in [5.74, 6) is 0.0632. The number of benzene rings is 1. The van der Waals surface area contributed by atoms with Crippen molar-refractivity contribution in [2.45, 2.75) is 32.7 Å². The van der Waals surface area contributed by atoms with E-state index in [1.807, 2.05) is 45.0 Å². The number of alkyl halides is 1. The average Bonchev–Trinajstić information content (AvgIpc) is 2.21. The van der Waals surface area contributed by atoms with Gasteiger partial charge in [-0.1, -0.05) is 45.8 Å². The highest BCUT2D eigenvalue weighted by Gasteiger charge is 2.18. The van der Waals surface area contributed by atoms with Gasteiger partial charge in [0.2, 0.25) is 5.91 Å². The molecule has 0 bridgehead atoms. The van der Waals surface area contributed by atoms with Crippen LogP contribution in [0.5, 0.6) is 0 Å². The van der Waals surface area contributed by atoms with Crippen LogP contribution in [0.1, 0.15) is 25.0 Å². The third-order valence-corrected chi connectivity index (χ3v) is 3.70. The van der Waals surface area contributed by atoms with Gasteiger partial charge in [-0.3, -0.25) is 4.79 Å². The number of aryl methyl sites for hydroxylation is 1. The van der Waals surface area contributed by atoms with Gasteiger partial charge < -0.3 is 5.32 Å². The molecule has 0 aliphatic heterocycles. The van der Waals surface area contributed by atoms with Crippen molar-refractivity contribution in [1.29, 1.82) is 0 Å². The quantitative estimate of drug-likeness (QED) is 0.846. The van der Waals surface area contributed by atoms with Gasteiger partial charge in [-0.15, -0.1) is 0 Å². The molecule has 0 saturated heterocycles. The van der Waals surface area contributed by atoms with Gasteiger partial charge in [0.15, 0.2) is 0 Å². The highest BCUT2D eigenvalue weighted by Crippen LogP contribution is 2.08. The van der Waals surface area contributed by atoms with Crippen LogP contribution in [0.4, 0.5) is 0 Å². The Kier molecular flexibility index (Phi) is 4.54. The molecule has 1 aromatic rings. The fourth-order valence-corrected chi connectivity index (χ4v) is 1.49. The molecule has 1 N–H and O–H groups in total. The van der Waals surface area contributed by atoms with E-state index in [-0.39, 0.29) is 11.4 Å². The zero-order valence-electron chi connectivity index (χ0n) is 10.0. The first kappa shape index (κ1) is 13.2. The zero-order chi connectivity index (χ0) is 12.2. The molecule has 0 spiro atoms. The van der Waals surface area contributed by atoms with E-state index >= 15 is 0 Å². The van der Waals surface area contributed by atoms with Crippen LogP contribution in [0.2, 0.25) is 0 Å². The standard InChI is InChI=1S/C13H18BrNO/c1-10-4-6-11(7-5-10)8-12(16)15-13(2,3)9-14/h4-7H,8-9H2,1-3H3,(H,15,16). The monoisotopic (exact) mass is 283 g/mol. The molecule has 1 rings (SSSR count). The van der Waals surface area contributed by atoms with E-state index in [2.05, 4.69) is 21.2 Å². The van der Waals surface area contributed by atoms with Gasteiger partial charge in [0.05, 0.1) is 6.42 Å². The van der Waals surface area contributed by atoms with Crippen molar-refractivity contribution in [1.82, 2.24) is 5.32 Å². The van der Waals surface area contributed by atoms with Gasteiger partial charge in [0.1, 0.15) is 0 Å². The molecule has 3 heteroatoms. The van der Waals surface area contributed by atoms with Gasteiger partial charge in [0.25, 0.3) is 0 Å². The summed E-state index contributed by atoms with van der Waals surface area (Å²) in [7, 11) is 0. The third-order valence-electron chi connectivity index (χ3n) is 2.30. The van der Waals surface area contributed by atoms with Crippen LogP contribution < -0.4 is 5.32 Å². The first-order valence-corrected chi connectivity index (χ1v) is 6.47. The first-order chi connectivity index (χ1) is 7.43. The molecule has 0 unspecified atom stereocenters. The average molecular weight is 284 g/mol. The molecule has 0 heterocycles. The van der Waals surface area contributed by atoms with Crippen LogP contribution in [0, 0.1) is 6.92 Å². The number of rotatable bonds is 4. The van der Waals surface area contributed by atoms with Gasteiger partial charge in [-0.05, 0) is 26.3 Å². The minimum atomic E-state index is -0.193. The second kappa shape index (κ2) is 5.48. The maximum Gasteiger partial charge on any atom is 0.224 e. The molecule has 0 aliphatic rings. The smallest absolute Gasteiger partial charge is 0.224 e. The summed E-state index contributed by atoms with van der Waals surface area (Å²) < 4.78 is 0. The zero-order valence-corrected chi connectivity index (χ0v) is 11.6. The number of hydrogen-bond donors (Lipinski definition) is 1. The Hall–Kier alpha value is -0.830. The Labute approximate surface area is 106 Å². The van der Waals surface area contributed by atoms with Gasteiger partial charge in [0, 0.05) is 10.9 Å². The van der Waals surface area contributed by atoms with Crippen molar-refractivity contribution in [3.63, 3.8) is 0 Å². The number of nitrogens with one attached hydrogen (secondary N) is 1. The van der Waals surface area contributed by atoms with E-state index in [9.17, 15) is 4.79 Å². The van der Waals surface area contributed by atoms with E-state index in [0.29, 0.717) is 6.42 Å². The lowest BCUT2D eigenvalue weighted by Crippen LogP contribution is -2.45. The summed E-state index contributed by atoms with van der Waals surface area (Å²) in [6, 6.07) is 8.04. The molecule has 16 heavy (non-hydrogen) atoms. The summed E-state index contributed by atoms with van der Waals surface area (Å²) in [6.07, 6.45) is 0.441. The molecule has 2 nitrogen and oxygen atoms in total. The lowest BCUT2D eigenvalue weighted by molar-refractivity contribution is -0.121. The Morgan fingerprint density at radius 1 is 1.31 bits per heavy atom. The van der Waals surface area contributed by atoms with Crippen LogP contribution in [0.15, 0.2) is 24.3 Å². The summed E-state index contributed by atoms with van der Waals surface area (Å²) >= 11 is 3.38. The summed E-state index contributed by atoms with van der Waals surface area (Å²) in [6.45, 7) is 6.03. The lowest BCUT2D eigenvalue weighted by atomic mass is 10.1. The maximum atomic E-state index is 11.7. The number of halogens is 1. The summed E-state index contributed by atoms with van der Waals surface area (Å²) in [4.78, 5) is 11.7. The molecular weight excluding hydrogens is 266 g/mol. The Balaban J connectivity index is 2.55. The second-order valence-electron chi connectivity index (χ2n) is 4.73. The van der Waals surface area contributed by atoms with Crippen molar-refractivity contribution in [2.75, 3.05) is 5.33 Å². The van der Waals surface area contributed by atoms with Crippen LogP contribution in [0.3, 0.4) is 0 Å². The minimum absolute atomic E-state index is 0.0632. The molecule has 0 atom stereocenters. The highest BCUT2D eigenvalue weighted by atomic mass is 79.9. The van der Waals surface area contributed by atoms with E-state index in [1.165, 1.54) is 5.56 Å². The molecule has 88 valence electrons. The first-order valence-electron chi connectivity index (χ1n) is 5.35. The third kappa shape index (κ3) is 4.35. The van der Waals surface area contributed by atoms with E-state index in [1.54, 1.807) is 0 Å². The van der Waals surface area contributed by atoms with Crippen molar-refractivity contribution >= 4 is 21.8 Å². The highest BCUT2D eigenvalue weighted by molar-refractivity contribution is 9.09. The summed E-state index contributed by atoms with van der Waals surface area (Å²) in [5.41, 5.74) is 2.07. The molecular formula is C13H18BrNO. The largest absolute Gasteiger partial charge is 0.350 e. The van der Waals surface area contributed by atoms with Crippen LogP contribution in [-0.2, 0) is 11.2 Å². The lowest BCUT2D eigenvalue weighted by Gasteiger charge is -2.23. The SMILES string of the molecule is Cc1ccc(CC(=O)NC(C)(C)CBr)cc1. The molecule has 1 aromatic carbocycles. The normalized spacial score (nSPS) is 11.2. The number of carbonyl (C=O) groups excluding carboxylic acids is 1. The topological polar surface area (TPSA) is 29.1 Å². The van der Waals surface area contributed by atoms with Gasteiger partial charge in [-0.25, -0.2) is 0 Å². The summed E-state index contributed by atoms with van der Waals surface area (Å²) in [5, 5.41) is 3.73. The number of carbonyl (C=O) groups is 1. The number of hydrogen-bond acceptors (Lipinski definition) is 1. The van der Waals surface area contributed by atoms with Crippen LogP contribution in [-0.4, -0.2) is 16.8 Å². The van der Waals surface area contributed by atoms with Crippen LogP contribution >= 0.6 is 15.9 Å². The van der Waals surface area contributed by atoms with Gasteiger partial charge in [-0.2, -0.15) is 0 Å². The predicted octanol–water partition coefficient (Wildman–Crippen LogP) is 2.83. The van der Waals surface area contributed by atoms with E-state index in [0.717, 1.165) is 10.9 Å².